The number of hydrogen-bond acceptors (Lipinski definition) is 2. The van der Waals surface area contributed by atoms with Crippen molar-refractivity contribution in [2.45, 2.75) is 51.4 Å². The van der Waals surface area contributed by atoms with E-state index in [1.54, 1.807) is 0 Å². The summed E-state index contributed by atoms with van der Waals surface area (Å²) in [5.74, 6) is -0.516. The normalized spacial score (nSPS) is 23.1. The van der Waals surface area contributed by atoms with Gasteiger partial charge in [-0.1, -0.05) is 32.1 Å². The Bertz CT molecular complexity index is 304. The first kappa shape index (κ1) is 12.4. The van der Waals surface area contributed by atoms with E-state index in [-0.39, 0.29) is 5.91 Å². The predicted octanol–water partition coefficient (Wildman–Crippen LogP) is 1.94. The summed E-state index contributed by atoms with van der Waals surface area (Å²) in [4.78, 5) is 22.6. The number of carboxylic acids is 1. The van der Waals surface area contributed by atoms with Crippen molar-refractivity contribution in [1.29, 1.82) is 0 Å². The zero-order valence-corrected chi connectivity index (χ0v) is 10.2. The Morgan fingerprint density at radius 2 is 1.82 bits per heavy atom. The van der Waals surface area contributed by atoms with Crippen LogP contribution >= 0.6 is 0 Å². The molecular weight excluding hydrogens is 218 g/mol. The van der Waals surface area contributed by atoms with E-state index in [1.165, 1.54) is 32.1 Å². The van der Waals surface area contributed by atoms with E-state index in [0.29, 0.717) is 19.4 Å². The third-order valence-corrected chi connectivity index (χ3v) is 4.16. The second-order valence-electron chi connectivity index (χ2n) is 5.44. The van der Waals surface area contributed by atoms with Gasteiger partial charge in [0.25, 0.3) is 0 Å². The third kappa shape index (κ3) is 2.79. The van der Waals surface area contributed by atoms with Gasteiger partial charge in [0.15, 0.2) is 0 Å². The van der Waals surface area contributed by atoms with Gasteiger partial charge in [0.2, 0.25) is 5.91 Å². The third-order valence-electron chi connectivity index (χ3n) is 4.16. The zero-order valence-electron chi connectivity index (χ0n) is 10.2. The average Bonchev–Trinajstić information content (AvgIpc) is 3.11. The standard InChI is InChI=1S/C13H21NO3/c15-11(13(7-8-13)12(16)17)14-9-6-10-4-2-1-3-5-10/h10H,1-9H2,(H,14,15)(H,16,17). The van der Waals surface area contributed by atoms with Gasteiger partial charge in [-0.15, -0.1) is 0 Å². The molecule has 0 aromatic rings. The lowest BCUT2D eigenvalue weighted by Crippen LogP contribution is -2.38. The number of aliphatic carboxylic acids is 1. The van der Waals surface area contributed by atoms with E-state index in [0.717, 1.165) is 12.3 Å². The van der Waals surface area contributed by atoms with E-state index in [9.17, 15) is 9.59 Å². The van der Waals surface area contributed by atoms with Crippen LogP contribution in [0, 0.1) is 11.3 Å². The monoisotopic (exact) mass is 239 g/mol. The molecule has 2 saturated carbocycles. The molecule has 0 unspecified atom stereocenters. The number of carbonyl (C=O) groups excluding carboxylic acids is 1. The molecule has 17 heavy (non-hydrogen) atoms. The highest BCUT2D eigenvalue weighted by Crippen LogP contribution is 2.46. The number of carboxylic acid groups (broad SMARTS) is 1. The van der Waals surface area contributed by atoms with E-state index in [2.05, 4.69) is 5.32 Å². The van der Waals surface area contributed by atoms with Crippen LogP contribution in [0.4, 0.5) is 0 Å². The minimum absolute atomic E-state index is 0.277. The van der Waals surface area contributed by atoms with Crippen LogP contribution in [-0.2, 0) is 9.59 Å². The molecule has 0 bridgehead atoms. The van der Waals surface area contributed by atoms with Crippen LogP contribution in [0.5, 0.6) is 0 Å². The van der Waals surface area contributed by atoms with Gasteiger partial charge in [-0.3, -0.25) is 9.59 Å². The second kappa shape index (κ2) is 5.07. The lowest BCUT2D eigenvalue weighted by atomic mass is 9.87. The molecule has 2 aliphatic carbocycles. The van der Waals surface area contributed by atoms with Crippen LogP contribution < -0.4 is 5.32 Å². The lowest BCUT2D eigenvalue weighted by Gasteiger charge is -2.21. The molecule has 2 aliphatic rings. The summed E-state index contributed by atoms with van der Waals surface area (Å²) in [7, 11) is 0. The van der Waals surface area contributed by atoms with E-state index in [4.69, 9.17) is 5.11 Å². The number of amides is 1. The molecule has 2 rings (SSSR count). The molecule has 1 amide bonds. The molecule has 0 aliphatic heterocycles. The summed E-state index contributed by atoms with van der Waals surface area (Å²) in [6, 6.07) is 0. The Morgan fingerprint density at radius 3 is 2.35 bits per heavy atom. The van der Waals surface area contributed by atoms with Crippen LogP contribution in [0.25, 0.3) is 0 Å². The van der Waals surface area contributed by atoms with Gasteiger partial charge in [0, 0.05) is 6.54 Å². The van der Waals surface area contributed by atoms with Gasteiger partial charge in [-0.25, -0.2) is 0 Å². The molecular formula is C13H21NO3. The predicted molar refractivity (Wildman–Crippen MR) is 63.5 cm³/mol. The Balaban J connectivity index is 1.68. The van der Waals surface area contributed by atoms with Crippen LogP contribution in [0.15, 0.2) is 0 Å². The molecule has 96 valence electrons. The van der Waals surface area contributed by atoms with Gasteiger partial charge >= 0.3 is 5.97 Å². The Kier molecular flexibility index (Phi) is 3.69. The smallest absolute Gasteiger partial charge is 0.319 e. The van der Waals surface area contributed by atoms with Gasteiger partial charge in [0.1, 0.15) is 5.41 Å². The maximum atomic E-state index is 11.7. The van der Waals surface area contributed by atoms with Crippen molar-refractivity contribution in [2.24, 2.45) is 11.3 Å². The topological polar surface area (TPSA) is 66.4 Å². The fraction of sp³-hybridized carbons (Fsp3) is 0.846. The average molecular weight is 239 g/mol. The first-order valence-corrected chi connectivity index (χ1v) is 6.67. The van der Waals surface area contributed by atoms with Crippen molar-refractivity contribution < 1.29 is 14.7 Å². The van der Waals surface area contributed by atoms with Gasteiger partial charge in [0.05, 0.1) is 0 Å². The van der Waals surface area contributed by atoms with Crippen LogP contribution in [0.1, 0.15) is 51.4 Å². The summed E-state index contributed by atoms with van der Waals surface area (Å²) in [6.45, 7) is 0.637. The Morgan fingerprint density at radius 1 is 1.18 bits per heavy atom. The fourth-order valence-electron chi connectivity index (χ4n) is 2.70. The quantitative estimate of drug-likeness (QED) is 0.720. The largest absolute Gasteiger partial charge is 0.480 e. The van der Waals surface area contributed by atoms with E-state index >= 15 is 0 Å². The Labute approximate surface area is 102 Å². The zero-order chi connectivity index (χ0) is 12.3. The molecule has 0 spiro atoms. The molecule has 0 radical (unpaired) electrons. The molecule has 0 heterocycles. The van der Waals surface area contributed by atoms with Crippen molar-refractivity contribution in [3.8, 4) is 0 Å². The Hall–Kier alpha value is -1.06. The number of carbonyl (C=O) groups is 2. The number of hydrogen-bond donors (Lipinski definition) is 2. The number of nitrogens with one attached hydrogen (secondary N) is 1. The molecule has 0 aromatic carbocycles. The summed E-state index contributed by atoms with van der Waals surface area (Å²) >= 11 is 0. The van der Waals surface area contributed by atoms with E-state index in [1.807, 2.05) is 0 Å². The van der Waals surface area contributed by atoms with Crippen molar-refractivity contribution in [3.05, 3.63) is 0 Å². The fourth-order valence-corrected chi connectivity index (χ4v) is 2.70. The number of rotatable bonds is 5. The summed E-state index contributed by atoms with van der Waals surface area (Å²) in [6.07, 6.45) is 8.47. The molecule has 0 aromatic heterocycles. The summed E-state index contributed by atoms with van der Waals surface area (Å²) in [5, 5.41) is 11.8. The van der Waals surface area contributed by atoms with Gasteiger partial charge in [-0.2, -0.15) is 0 Å². The first-order valence-electron chi connectivity index (χ1n) is 6.67. The molecule has 0 atom stereocenters. The maximum absolute atomic E-state index is 11.7. The summed E-state index contributed by atoms with van der Waals surface area (Å²) in [5.41, 5.74) is -1.08. The van der Waals surface area contributed by atoms with Crippen LogP contribution in [0.2, 0.25) is 0 Å². The highest BCUT2D eigenvalue weighted by Gasteiger charge is 2.56. The van der Waals surface area contributed by atoms with Crippen LogP contribution in [0.3, 0.4) is 0 Å². The van der Waals surface area contributed by atoms with Crippen molar-refractivity contribution in [1.82, 2.24) is 5.32 Å². The molecule has 4 heteroatoms. The first-order chi connectivity index (χ1) is 8.15. The lowest BCUT2D eigenvalue weighted by molar-refractivity contribution is -0.149. The highest BCUT2D eigenvalue weighted by molar-refractivity contribution is 6.04. The van der Waals surface area contributed by atoms with Gasteiger partial charge in [-0.05, 0) is 25.2 Å². The molecule has 0 saturated heterocycles. The SMILES string of the molecule is O=C(O)C1(C(=O)NCCC2CCCCC2)CC1. The molecule has 2 fully saturated rings. The van der Waals surface area contributed by atoms with Gasteiger partial charge < -0.3 is 10.4 Å². The summed E-state index contributed by atoms with van der Waals surface area (Å²) < 4.78 is 0. The van der Waals surface area contributed by atoms with Crippen LogP contribution in [-0.4, -0.2) is 23.5 Å². The van der Waals surface area contributed by atoms with E-state index < -0.39 is 11.4 Å². The minimum Gasteiger partial charge on any atom is -0.480 e. The maximum Gasteiger partial charge on any atom is 0.319 e. The second-order valence-corrected chi connectivity index (χ2v) is 5.44. The minimum atomic E-state index is -1.08. The van der Waals surface area contributed by atoms with Crippen molar-refractivity contribution >= 4 is 11.9 Å². The van der Waals surface area contributed by atoms with Crippen molar-refractivity contribution in [3.63, 3.8) is 0 Å². The van der Waals surface area contributed by atoms with Crippen molar-refractivity contribution in [2.75, 3.05) is 6.54 Å². The highest BCUT2D eigenvalue weighted by atomic mass is 16.4. The molecule has 4 nitrogen and oxygen atoms in total. The molecule has 2 N–H and O–H groups in total.